The molecule has 0 fully saturated rings. The summed E-state index contributed by atoms with van der Waals surface area (Å²) in [4.78, 5) is 9.79. The maximum Gasteiger partial charge on any atom is 0.125 e. The van der Waals surface area contributed by atoms with Gasteiger partial charge in [0.25, 0.3) is 0 Å². The molecule has 0 unspecified atom stereocenters. The van der Waals surface area contributed by atoms with Gasteiger partial charge >= 0.3 is 0 Å². The zero-order valence-electron chi connectivity index (χ0n) is 12.1. The van der Waals surface area contributed by atoms with Crippen molar-refractivity contribution in [3.8, 4) is 0 Å². The van der Waals surface area contributed by atoms with Gasteiger partial charge in [-0.3, -0.25) is 0 Å². The molecular weight excluding hydrogens is 256 g/mol. The lowest BCUT2D eigenvalue weighted by molar-refractivity contribution is 0.570. The van der Waals surface area contributed by atoms with Crippen molar-refractivity contribution in [2.75, 3.05) is 0 Å². The van der Waals surface area contributed by atoms with Gasteiger partial charge in [0, 0.05) is 6.08 Å². The lowest BCUT2D eigenvalue weighted by atomic mass is 10.2. The molecule has 0 aliphatic carbocycles. The number of carbonyl (C=O) groups excluding carboxylic acids is 1. The first-order valence-electron chi connectivity index (χ1n) is 6.45. The standard InChI is InChI=1S/C8H6O.C8H8.C4H6/c9-7-6-8-4-2-1-3-5-8;1-2-8-6-4-3-5-7-8;1-3-4-2/h1-6H;2-7H,1H2;3-4H,1-2H2. The molecule has 2 aromatic rings. The molecule has 0 saturated carbocycles. The molecule has 106 valence electrons. The van der Waals surface area contributed by atoms with Crippen molar-refractivity contribution in [3.63, 3.8) is 0 Å². The van der Waals surface area contributed by atoms with Crippen molar-refractivity contribution in [2.45, 2.75) is 0 Å². The van der Waals surface area contributed by atoms with Gasteiger partial charge in [-0.1, -0.05) is 98.6 Å². The average molecular weight is 276 g/mol. The van der Waals surface area contributed by atoms with Gasteiger partial charge in [-0.15, -0.1) is 0 Å². The molecule has 0 atom stereocenters. The summed E-state index contributed by atoms with van der Waals surface area (Å²) >= 11 is 0. The van der Waals surface area contributed by atoms with E-state index < -0.39 is 0 Å². The quantitative estimate of drug-likeness (QED) is 0.555. The van der Waals surface area contributed by atoms with Gasteiger partial charge in [0.05, 0.1) is 0 Å². The van der Waals surface area contributed by atoms with E-state index >= 15 is 0 Å². The molecule has 0 N–H and O–H groups in total. The summed E-state index contributed by atoms with van der Waals surface area (Å²) in [5, 5.41) is 0. The summed E-state index contributed by atoms with van der Waals surface area (Å²) in [5.74, 6) is 1.71. The minimum Gasteiger partial charge on any atom is -0.233 e. The SMILES string of the molecule is C=CC=C.C=Cc1ccccc1.O=C=Cc1ccccc1. The zero-order chi connectivity index (χ0) is 15.8. The van der Waals surface area contributed by atoms with Crippen molar-refractivity contribution >= 4 is 18.1 Å². The van der Waals surface area contributed by atoms with Crippen molar-refractivity contribution in [1.29, 1.82) is 0 Å². The Labute approximate surface area is 127 Å². The predicted octanol–water partition coefficient (Wildman–Crippen LogP) is 5.22. The molecule has 0 aliphatic heterocycles. The van der Waals surface area contributed by atoms with Crippen LogP contribution in [-0.4, -0.2) is 5.94 Å². The van der Waals surface area contributed by atoms with Gasteiger partial charge in [0.2, 0.25) is 0 Å². The van der Waals surface area contributed by atoms with Gasteiger partial charge in [0.1, 0.15) is 5.94 Å². The van der Waals surface area contributed by atoms with Crippen LogP contribution in [0.3, 0.4) is 0 Å². The predicted molar refractivity (Wildman–Crippen MR) is 93.5 cm³/mol. The van der Waals surface area contributed by atoms with E-state index in [2.05, 4.69) is 19.7 Å². The number of hydrogen-bond donors (Lipinski definition) is 0. The molecule has 0 aromatic heterocycles. The molecule has 0 aliphatic rings. The molecule has 2 aromatic carbocycles. The van der Waals surface area contributed by atoms with E-state index in [4.69, 9.17) is 0 Å². The highest BCUT2D eigenvalue weighted by Crippen LogP contribution is 1.97. The summed E-state index contributed by atoms with van der Waals surface area (Å²) in [7, 11) is 0. The lowest BCUT2D eigenvalue weighted by Gasteiger charge is -1.85. The zero-order valence-corrected chi connectivity index (χ0v) is 12.1. The molecule has 0 saturated heterocycles. The van der Waals surface area contributed by atoms with Crippen LogP contribution in [0.1, 0.15) is 11.1 Å². The van der Waals surface area contributed by atoms with Crippen LogP contribution < -0.4 is 0 Å². The molecule has 2 rings (SSSR count). The second-order valence-corrected chi connectivity index (χ2v) is 3.76. The molecule has 0 radical (unpaired) electrons. The normalized spacial score (nSPS) is 7.62. The first kappa shape index (κ1) is 18.1. The van der Waals surface area contributed by atoms with E-state index in [1.807, 2.05) is 66.7 Å². The Bertz CT molecular complexity index is 555. The highest BCUT2D eigenvalue weighted by molar-refractivity contribution is 5.74. The monoisotopic (exact) mass is 276 g/mol. The maximum atomic E-state index is 9.79. The first-order chi connectivity index (χ1) is 10.3. The topological polar surface area (TPSA) is 17.1 Å². The van der Waals surface area contributed by atoms with Crippen LogP contribution in [0.5, 0.6) is 0 Å². The second-order valence-electron chi connectivity index (χ2n) is 3.76. The fourth-order valence-electron chi connectivity index (χ4n) is 1.21. The van der Waals surface area contributed by atoms with Crippen LogP contribution in [-0.2, 0) is 4.79 Å². The van der Waals surface area contributed by atoms with Crippen LogP contribution >= 0.6 is 0 Å². The minimum atomic E-state index is 0.896. The minimum absolute atomic E-state index is 0.896. The maximum absolute atomic E-state index is 9.79. The molecule has 1 nitrogen and oxygen atoms in total. The van der Waals surface area contributed by atoms with Crippen LogP contribution in [0, 0.1) is 0 Å². The Morgan fingerprint density at radius 1 is 0.714 bits per heavy atom. The molecule has 21 heavy (non-hydrogen) atoms. The van der Waals surface area contributed by atoms with Crippen molar-refractivity contribution in [3.05, 3.63) is 104 Å². The van der Waals surface area contributed by atoms with Crippen molar-refractivity contribution < 1.29 is 4.79 Å². The molecule has 0 heterocycles. The van der Waals surface area contributed by atoms with Gasteiger partial charge in [-0.25, -0.2) is 4.79 Å². The van der Waals surface area contributed by atoms with E-state index in [-0.39, 0.29) is 0 Å². The van der Waals surface area contributed by atoms with Crippen LogP contribution in [0.15, 0.2) is 92.6 Å². The van der Waals surface area contributed by atoms with E-state index in [0.717, 1.165) is 5.56 Å². The van der Waals surface area contributed by atoms with Gasteiger partial charge < -0.3 is 0 Å². The Kier molecular flexibility index (Phi) is 11.7. The summed E-state index contributed by atoms with van der Waals surface area (Å²) < 4.78 is 0. The van der Waals surface area contributed by atoms with Crippen molar-refractivity contribution in [1.82, 2.24) is 0 Å². The van der Waals surface area contributed by atoms with Gasteiger partial charge in [0.15, 0.2) is 0 Å². The van der Waals surface area contributed by atoms with Crippen LogP contribution in [0.4, 0.5) is 0 Å². The van der Waals surface area contributed by atoms with Crippen LogP contribution in [0.25, 0.3) is 12.2 Å². The summed E-state index contributed by atoms with van der Waals surface area (Å²) in [6.07, 6.45) is 6.51. The third-order valence-electron chi connectivity index (χ3n) is 2.23. The first-order valence-corrected chi connectivity index (χ1v) is 6.45. The molecule has 0 amide bonds. The number of benzene rings is 2. The lowest BCUT2D eigenvalue weighted by Crippen LogP contribution is -1.66. The van der Waals surface area contributed by atoms with E-state index in [0.29, 0.717) is 0 Å². The Hall–Kier alpha value is -2.89. The Balaban J connectivity index is 0.000000308. The van der Waals surface area contributed by atoms with E-state index in [1.165, 1.54) is 11.6 Å². The number of allylic oxidation sites excluding steroid dienone is 2. The third kappa shape index (κ3) is 10.7. The van der Waals surface area contributed by atoms with E-state index in [9.17, 15) is 4.79 Å². The molecule has 0 spiro atoms. The Morgan fingerprint density at radius 3 is 1.43 bits per heavy atom. The summed E-state index contributed by atoms with van der Waals surface area (Å²) in [5.41, 5.74) is 2.07. The summed E-state index contributed by atoms with van der Waals surface area (Å²) in [6, 6.07) is 19.4. The fourth-order valence-corrected chi connectivity index (χ4v) is 1.21. The number of rotatable bonds is 3. The van der Waals surface area contributed by atoms with Gasteiger partial charge in [-0.2, -0.15) is 0 Å². The Morgan fingerprint density at radius 2 is 1.14 bits per heavy atom. The largest absolute Gasteiger partial charge is 0.233 e. The fraction of sp³-hybridized carbons (Fsp3) is 0. The van der Waals surface area contributed by atoms with Crippen LogP contribution in [0.2, 0.25) is 0 Å². The molecule has 0 bridgehead atoms. The highest BCUT2D eigenvalue weighted by Gasteiger charge is 1.79. The van der Waals surface area contributed by atoms with Crippen molar-refractivity contribution in [2.24, 2.45) is 0 Å². The summed E-state index contributed by atoms with van der Waals surface area (Å²) in [6.45, 7) is 10.4. The molecule has 1 heteroatoms. The second kappa shape index (κ2) is 13.5. The molecular formula is C20H20O. The average Bonchev–Trinajstić information content (AvgIpc) is 2.58. The smallest absolute Gasteiger partial charge is 0.125 e. The highest BCUT2D eigenvalue weighted by atomic mass is 16.1. The number of hydrogen-bond acceptors (Lipinski definition) is 1. The third-order valence-corrected chi connectivity index (χ3v) is 2.23. The van der Waals surface area contributed by atoms with E-state index in [1.54, 1.807) is 18.1 Å². The van der Waals surface area contributed by atoms with Gasteiger partial charge in [-0.05, 0) is 11.1 Å².